The zero-order valence-corrected chi connectivity index (χ0v) is 51.6. The highest BCUT2D eigenvalue weighted by molar-refractivity contribution is 8.76. The van der Waals surface area contributed by atoms with Gasteiger partial charge in [0, 0.05) is 97.8 Å². The van der Waals surface area contributed by atoms with Crippen molar-refractivity contribution in [2.75, 3.05) is 49.4 Å². The number of ether oxygens (including phenoxy) is 2. The van der Waals surface area contributed by atoms with Crippen LogP contribution in [0.4, 0.5) is 11.6 Å². The van der Waals surface area contributed by atoms with Crippen LogP contribution in [0.2, 0.25) is 0 Å². The van der Waals surface area contributed by atoms with Crippen LogP contribution >= 0.6 is 21.6 Å². The highest BCUT2D eigenvalue weighted by Gasteiger charge is 2.72. The van der Waals surface area contributed by atoms with E-state index in [0.717, 1.165) is 10.8 Å². The maximum Gasteiger partial charge on any atom is 0.326 e. The average Bonchev–Trinajstić information content (AvgIpc) is 1.50. The summed E-state index contributed by atoms with van der Waals surface area (Å²) < 4.78 is 11.4. The van der Waals surface area contributed by atoms with E-state index in [4.69, 9.17) is 26.7 Å². The molecule has 3 amide bonds. The fraction of sp³-hybridized carbons (Fsp3) is 0.491. The van der Waals surface area contributed by atoms with E-state index in [9.17, 15) is 82.8 Å². The number of hydrogen-bond donors (Lipinski definition) is 13. The number of aliphatic imine (C=N–C) groups is 1. The highest BCUT2D eigenvalue weighted by Crippen LogP contribution is 2.56. The molecule has 4 aliphatic rings. The number of benzene rings is 1. The number of carbonyl (C=O) groups excluding carboxylic acids is 8. The summed E-state index contributed by atoms with van der Waals surface area (Å²) in [5.41, 5.74) is 16.7. The zero-order valence-electron chi connectivity index (χ0n) is 50.0. The molecule has 1 aromatic carbocycles. The second-order valence-electron chi connectivity index (χ2n) is 22.1. The maximum atomic E-state index is 14.3. The summed E-state index contributed by atoms with van der Waals surface area (Å²) in [6.07, 6.45) is -3.09. The third-order valence-electron chi connectivity index (χ3n) is 15.8. The molecule has 494 valence electrons. The molecule has 9 atom stereocenters. The number of aromatic nitrogens is 4. The number of amides is 3. The van der Waals surface area contributed by atoms with Crippen molar-refractivity contribution in [2.24, 2.45) is 34.2 Å². The number of nitrogens with one attached hydrogen (secondary N) is 6. The number of carboxylic acid groups (broad SMARTS) is 4. The quantitative estimate of drug-likeness (QED) is 0.00636. The number of rotatable bonds is 37. The minimum Gasteiger partial charge on any atom is -0.481 e. The number of carbonyl (C=O) groups is 12. The summed E-state index contributed by atoms with van der Waals surface area (Å²) in [5.74, 6) is -16.2. The standard InChI is InChI=1S/C57H70N14O19S2/c1-25-32(47(81)43-33(23-90-26(2)72)57(89-3)48-37(66-48)22-71(57)45(43)46(25)80)7-5-15-91-92-24-29(53(85)86)17-39(74)36(19-42(78)79)68-51(83)28(6-4-14-61-55(58)59)16-38(73)35(18-41(76)77)65-40(75)13-12-34(54(87)88)67-50(82)27-8-10-30(11-9-27)62-20-31-21-63-49-44(64-31)52(84)70-56(60)69-49/h8-11,21,28-29,33-37,48,62,66H,4-7,12-20,22-24H2,1-3H3,(H,65,75)(H,67,82)(H,68,83)(H,76,77)(H,78,79)(H,85,86)(H,87,88)(H4,58,59,61)(H3,60,63,69,70,84)/t28-,29+,33-,34+,35+,36+,37+,48+,57-/m1/s1. The number of aliphatic carboxylic acids is 4. The Bertz CT molecular complexity index is 3600. The fourth-order valence-electron chi connectivity index (χ4n) is 11.2. The van der Waals surface area contributed by atoms with Crippen LogP contribution in [0, 0.1) is 17.8 Å². The fourth-order valence-corrected chi connectivity index (χ4v) is 13.6. The van der Waals surface area contributed by atoms with Gasteiger partial charge in [-0.05, 0) is 63.3 Å². The lowest BCUT2D eigenvalue weighted by atomic mass is 9.79. The second kappa shape index (κ2) is 31.1. The molecule has 2 saturated heterocycles. The minimum absolute atomic E-state index is 0.00610. The predicted molar refractivity (Wildman–Crippen MR) is 328 cm³/mol. The second-order valence-corrected chi connectivity index (χ2v) is 24.8. The molecular weight excluding hydrogens is 1250 g/mol. The van der Waals surface area contributed by atoms with Crippen molar-refractivity contribution in [3.05, 3.63) is 74.5 Å². The van der Waals surface area contributed by atoms with Crippen molar-refractivity contribution in [2.45, 2.75) is 121 Å². The van der Waals surface area contributed by atoms with Crippen molar-refractivity contribution >= 4 is 121 Å². The number of aromatic amines is 1. The number of Topliss-reactive ketones (excluding diaryl/α,β-unsaturated/α-hetero) is 4. The normalized spacial score (nSPS) is 19.5. The van der Waals surface area contributed by atoms with E-state index < -0.39 is 145 Å². The lowest BCUT2D eigenvalue weighted by Crippen LogP contribution is -2.55. The lowest BCUT2D eigenvalue weighted by Gasteiger charge is -2.39. The monoisotopic (exact) mass is 1320 g/mol. The molecule has 0 bridgehead atoms. The van der Waals surface area contributed by atoms with E-state index in [2.05, 4.69) is 51.5 Å². The van der Waals surface area contributed by atoms with Gasteiger partial charge >= 0.3 is 29.8 Å². The van der Waals surface area contributed by atoms with Gasteiger partial charge in [0.2, 0.25) is 23.5 Å². The minimum atomic E-state index is -1.82. The van der Waals surface area contributed by atoms with Crippen molar-refractivity contribution in [1.82, 2.24) is 46.1 Å². The van der Waals surface area contributed by atoms with Crippen molar-refractivity contribution < 1.29 is 87.4 Å². The molecule has 92 heavy (non-hydrogen) atoms. The van der Waals surface area contributed by atoms with Crippen LogP contribution in [-0.2, 0) is 68.8 Å². The number of carboxylic acids is 4. The summed E-state index contributed by atoms with van der Waals surface area (Å²) in [7, 11) is 3.78. The molecule has 3 aromatic rings. The number of allylic oxidation sites excluding steroid dienone is 2. The van der Waals surface area contributed by atoms with E-state index in [1.807, 2.05) is 4.90 Å². The van der Waals surface area contributed by atoms with E-state index in [1.165, 1.54) is 55.3 Å². The number of hydrogen-bond acceptors (Lipinski definition) is 25. The molecule has 3 aliphatic heterocycles. The van der Waals surface area contributed by atoms with Gasteiger partial charge in [-0.1, -0.05) is 21.6 Å². The summed E-state index contributed by atoms with van der Waals surface area (Å²) in [5, 5.41) is 52.9. The summed E-state index contributed by atoms with van der Waals surface area (Å²) in [6, 6.07) is 0.277. The smallest absolute Gasteiger partial charge is 0.326 e. The number of nitrogen functional groups attached to an aromatic ring is 1. The first-order valence-corrected chi connectivity index (χ1v) is 31.4. The molecule has 16 N–H and O–H groups in total. The zero-order chi connectivity index (χ0) is 67.3. The number of anilines is 2. The first kappa shape index (κ1) is 70.1. The van der Waals surface area contributed by atoms with Gasteiger partial charge in [-0.2, -0.15) is 4.98 Å². The van der Waals surface area contributed by atoms with Crippen molar-refractivity contribution in [1.29, 1.82) is 0 Å². The van der Waals surface area contributed by atoms with E-state index in [0.29, 0.717) is 30.1 Å². The largest absolute Gasteiger partial charge is 0.481 e. The van der Waals surface area contributed by atoms with Crippen LogP contribution in [0.15, 0.2) is 62.7 Å². The Morgan fingerprint density at radius 2 is 1.51 bits per heavy atom. The number of fused-ring (bicyclic) bond motifs is 5. The van der Waals surface area contributed by atoms with Crippen LogP contribution in [0.25, 0.3) is 11.2 Å². The summed E-state index contributed by atoms with van der Waals surface area (Å²) >= 11 is 0. The topological polar surface area (TPSA) is 539 Å². The number of ketones is 4. The molecule has 0 spiro atoms. The Morgan fingerprint density at radius 3 is 2.14 bits per heavy atom. The van der Waals surface area contributed by atoms with Crippen LogP contribution in [-0.4, -0.2) is 196 Å². The Labute approximate surface area is 531 Å². The van der Waals surface area contributed by atoms with Crippen LogP contribution in [0.1, 0.15) is 94.1 Å². The number of methoxy groups -OCH3 is 1. The number of esters is 1. The van der Waals surface area contributed by atoms with Gasteiger partial charge in [0.25, 0.3) is 11.5 Å². The number of nitrogens with zero attached hydrogens (tertiary/aromatic N) is 5. The molecule has 0 saturated carbocycles. The van der Waals surface area contributed by atoms with Gasteiger partial charge < -0.3 is 78.6 Å². The van der Waals surface area contributed by atoms with Gasteiger partial charge in [-0.15, -0.1) is 0 Å². The molecule has 2 aromatic heterocycles. The molecule has 0 radical (unpaired) electrons. The molecule has 0 unspecified atom stereocenters. The number of piperazine rings is 1. The van der Waals surface area contributed by atoms with Gasteiger partial charge in [0.15, 0.2) is 40.2 Å². The number of H-pyrrole nitrogens is 1. The first-order chi connectivity index (χ1) is 43.6. The van der Waals surface area contributed by atoms with Gasteiger partial charge in [0.05, 0.1) is 66.9 Å². The molecule has 7 rings (SSSR count). The number of nitrogens with two attached hydrogens (primary N) is 3. The molecule has 2 fully saturated rings. The summed E-state index contributed by atoms with van der Waals surface area (Å²) in [4.78, 5) is 190. The lowest BCUT2D eigenvalue weighted by molar-refractivity contribution is -0.156. The molecule has 33 nitrogen and oxygen atoms in total. The SMILES string of the molecule is CO[C@@]12[C@H](COC(C)=O)C3=C(C(=O)C(C)=C(CCCSSC[C@H](CC(=O)[C@H](CC(=O)O)NC(=O)[C@H](CCCN=C(N)N)CC(=O)[C@H](CC(=O)O)NC(=O)CC[C@H](NC(=O)c4ccc(NCc5cnc6nc(N)[nH]c(=O)c6n5)cc4)C(=O)O)C(=O)O)C3=O)N1C[C@@H]1N[C@@H]12. The Balaban J connectivity index is 0.910. The van der Waals surface area contributed by atoms with Crippen molar-refractivity contribution in [3.63, 3.8) is 0 Å². The van der Waals surface area contributed by atoms with Crippen LogP contribution in [0.5, 0.6) is 0 Å². The van der Waals surface area contributed by atoms with E-state index >= 15 is 0 Å². The van der Waals surface area contributed by atoms with Gasteiger partial charge in [-0.25, -0.2) is 14.8 Å². The predicted octanol–water partition coefficient (Wildman–Crippen LogP) is -0.846. The van der Waals surface area contributed by atoms with Gasteiger partial charge in [0.1, 0.15) is 12.6 Å². The van der Waals surface area contributed by atoms with Crippen molar-refractivity contribution in [3.8, 4) is 0 Å². The summed E-state index contributed by atoms with van der Waals surface area (Å²) in [6.45, 7) is 3.06. The third kappa shape index (κ3) is 17.4. The van der Waals surface area contributed by atoms with Gasteiger partial charge in [-0.3, -0.25) is 67.5 Å². The molecule has 35 heteroatoms. The Morgan fingerprint density at radius 1 is 0.837 bits per heavy atom. The first-order valence-electron chi connectivity index (χ1n) is 28.9. The van der Waals surface area contributed by atoms with Crippen LogP contribution in [0.3, 0.4) is 0 Å². The Hall–Kier alpha value is -9.35. The molecule has 5 heterocycles. The molecule has 1 aliphatic carbocycles. The average molecular weight is 1320 g/mol. The maximum absolute atomic E-state index is 14.3. The third-order valence-corrected chi connectivity index (χ3v) is 18.4. The Kier molecular flexibility index (Phi) is 23.7. The highest BCUT2D eigenvalue weighted by atomic mass is 33.1. The van der Waals surface area contributed by atoms with E-state index in [-0.39, 0.29) is 119 Å². The molecular formula is C57H70N14O19S2. The number of guanidine groups is 1. The van der Waals surface area contributed by atoms with Crippen LogP contribution < -0.4 is 49.3 Å². The van der Waals surface area contributed by atoms with E-state index in [1.54, 1.807) is 6.92 Å².